The summed E-state index contributed by atoms with van der Waals surface area (Å²) in [6, 6.07) is 0.794. The van der Waals surface area contributed by atoms with Gasteiger partial charge in [-0.05, 0) is 32.6 Å². The van der Waals surface area contributed by atoms with Crippen molar-refractivity contribution in [2.75, 3.05) is 0 Å². The Hall–Kier alpha value is -0.0400. The van der Waals surface area contributed by atoms with Crippen LogP contribution in [0, 0.1) is 5.92 Å². The van der Waals surface area contributed by atoms with Gasteiger partial charge in [0.05, 0.1) is 0 Å². The number of rotatable bonds is 3. The molecule has 0 unspecified atom stereocenters. The van der Waals surface area contributed by atoms with E-state index in [-0.39, 0.29) is 0 Å². The zero-order valence-electron chi connectivity index (χ0n) is 8.98. The molecule has 0 spiro atoms. The average molecular weight is 169 g/mol. The first-order valence-electron chi connectivity index (χ1n) is 5.30. The van der Waals surface area contributed by atoms with E-state index in [4.69, 9.17) is 0 Å². The van der Waals surface area contributed by atoms with Gasteiger partial charge in [-0.15, -0.1) is 0 Å². The Balaban J connectivity index is 2.37. The first kappa shape index (κ1) is 10.0. The molecule has 0 atom stereocenters. The molecular weight excluding hydrogens is 146 g/mol. The van der Waals surface area contributed by atoms with Gasteiger partial charge in [-0.2, -0.15) is 0 Å². The second-order valence-electron chi connectivity index (χ2n) is 5.00. The van der Waals surface area contributed by atoms with Crippen LogP contribution >= 0.6 is 0 Å². The molecule has 0 aromatic rings. The van der Waals surface area contributed by atoms with Crippen molar-refractivity contribution in [2.45, 2.75) is 65.0 Å². The fraction of sp³-hybridized carbons (Fsp3) is 1.00. The van der Waals surface area contributed by atoms with Crippen LogP contribution in [0.2, 0.25) is 0 Å². The molecule has 1 nitrogen and oxygen atoms in total. The number of nitrogens with one attached hydrogen (secondary N) is 1. The van der Waals surface area contributed by atoms with E-state index in [0.717, 1.165) is 12.0 Å². The van der Waals surface area contributed by atoms with Crippen LogP contribution < -0.4 is 5.32 Å². The summed E-state index contributed by atoms with van der Waals surface area (Å²) in [6.45, 7) is 9.22. The molecule has 0 heterocycles. The van der Waals surface area contributed by atoms with E-state index in [1.54, 1.807) is 0 Å². The van der Waals surface area contributed by atoms with Crippen LogP contribution in [0.5, 0.6) is 0 Å². The highest BCUT2D eigenvalue weighted by atomic mass is 15.0. The molecule has 1 saturated carbocycles. The maximum absolute atomic E-state index is 3.75. The van der Waals surface area contributed by atoms with E-state index in [1.165, 1.54) is 25.7 Å². The van der Waals surface area contributed by atoms with Gasteiger partial charge in [0.1, 0.15) is 0 Å². The van der Waals surface area contributed by atoms with Crippen LogP contribution in [-0.4, -0.2) is 11.6 Å². The second-order valence-corrected chi connectivity index (χ2v) is 5.00. The Labute approximate surface area is 76.9 Å². The van der Waals surface area contributed by atoms with Gasteiger partial charge in [0.15, 0.2) is 0 Å². The Bertz CT molecular complexity index is 132. The minimum absolute atomic E-state index is 0.314. The summed E-state index contributed by atoms with van der Waals surface area (Å²) < 4.78 is 0. The second kappa shape index (κ2) is 3.78. The molecular formula is C11H23N. The predicted molar refractivity (Wildman–Crippen MR) is 54.3 cm³/mol. The molecule has 0 bridgehead atoms. The lowest BCUT2D eigenvalue weighted by molar-refractivity contribution is 0.255. The molecule has 1 fully saturated rings. The molecule has 0 amide bonds. The zero-order chi connectivity index (χ0) is 9.19. The van der Waals surface area contributed by atoms with E-state index in [1.807, 2.05) is 0 Å². The molecule has 1 N–H and O–H groups in total. The zero-order valence-corrected chi connectivity index (χ0v) is 8.98. The quantitative estimate of drug-likeness (QED) is 0.685. The Morgan fingerprint density at radius 3 is 2.08 bits per heavy atom. The Kier molecular flexibility index (Phi) is 3.16. The minimum atomic E-state index is 0.314. The van der Waals surface area contributed by atoms with Gasteiger partial charge in [-0.3, -0.25) is 0 Å². The highest BCUT2D eigenvalue weighted by Crippen LogP contribution is 2.23. The fourth-order valence-corrected chi connectivity index (χ4v) is 1.76. The summed E-state index contributed by atoms with van der Waals surface area (Å²) >= 11 is 0. The largest absolute Gasteiger partial charge is 0.309 e. The minimum Gasteiger partial charge on any atom is -0.309 e. The van der Waals surface area contributed by atoms with E-state index in [2.05, 4.69) is 33.0 Å². The topological polar surface area (TPSA) is 12.0 Å². The molecule has 12 heavy (non-hydrogen) atoms. The monoisotopic (exact) mass is 169 g/mol. The maximum atomic E-state index is 3.75. The van der Waals surface area contributed by atoms with Crippen LogP contribution in [0.1, 0.15) is 53.4 Å². The first-order valence-corrected chi connectivity index (χ1v) is 5.30. The van der Waals surface area contributed by atoms with Gasteiger partial charge in [0.25, 0.3) is 0 Å². The predicted octanol–water partition coefficient (Wildman–Crippen LogP) is 2.95. The van der Waals surface area contributed by atoms with Crippen molar-refractivity contribution in [1.82, 2.24) is 5.32 Å². The molecule has 1 aliphatic carbocycles. The summed E-state index contributed by atoms with van der Waals surface area (Å²) in [5.74, 6) is 0.720. The summed E-state index contributed by atoms with van der Waals surface area (Å²) in [4.78, 5) is 0. The summed E-state index contributed by atoms with van der Waals surface area (Å²) in [5, 5.41) is 3.75. The van der Waals surface area contributed by atoms with Crippen LogP contribution in [-0.2, 0) is 0 Å². The lowest BCUT2D eigenvalue weighted by Gasteiger charge is -2.34. The SMILES string of the molecule is CC(C)C(C)(C)NC1CCCC1. The van der Waals surface area contributed by atoms with Crippen molar-refractivity contribution < 1.29 is 0 Å². The van der Waals surface area contributed by atoms with Crippen molar-refractivity contribution in [1.29, 1.82) is 0 Å². The standard InChI is InChI=1S/C11H23N/c1-9(2)11(3,4)12-10-7-5-6-8-10/h9-10,12H,5-8H2,1-4H3. The van der Waals surface area contributed by atoms with E-state index >= 15 is 0 Å². The normalized spacial score (nSPS) is 20.8. The lowest BCUT2D eigenvalue weighted by Crippen LogP contribution is -2.48. The van der Waals surface area contributed by atoms with E-state index < -0.39 is 0 Å². The van der Waals surface area contributed by atoms with Crippen molar-refractivity contribution in [2.24, 2.45) is 5.92 Å². The van der Waals surface area contributed by atoms with Gasteiger partial charge in [0.2, 0.25) is 0 Å². The summed E-state index contributed by atoms with van der Waals surface area (Å²) in [5.41, 5.74) is 0.314. The van der Waals surface area contributed by atoms with Crippen molar-refractivity contribution in [3.8, 4) is 0 Å². The average Bonchev–Trinajstić information content (AvgIpc) is 2.38. The van der Waals surface area contributed by atoms with Gasteiger partial charge in [-0.25, -0.2) is 0 Å². The third-order valence-electron chi connectivity index (χ3n) is 3.37. The molecule has 72 valence electrons. The third-order valence-corrected chi connectivity index (χ3v) is 3.37. The van der Waals surface area contributed by atoms with Crippen LogP contribution in [0.3, 0.4) is 0 Å². The number of hydrogen-bond donors (Lipinski definition) is 1. The smallest absolute Gasteiger partial charge is 0.0150 e. The Morgan fingerprint density at radius 2 is 1.67 bits per heavy atom. The van der Waals surface area contributed by atoms with Gasteiger partial charge >= 0.3 is 0 Å². The molecule has 1 aliphatic rings. The van der Waals surface area contributed by atoms with Crippen molar-refractivity contribution >= 4 is 0 Å². The molecule has 0 radical (unpaired) electrons. The molecule has 1 heteroatoms. The van der Waals surface area contributed by atoms with E-state index in [9.17, 15) is 0 Å². The highest BCUT2D eigenvalue weighted by molar-refractivity contribution is 4.86. The highest BCUT2D eigenvalue weighted by Gasteiger charge is 2.26. The molecule has 0 saturated heterocycles. The fourth-order valence-electron chi connectivity index (χ4n) is 1.76. The lowest BCUT2D eigenvalue weighted by atomic mass is 9.89. The number of hydrogen-bond acceptors (Lipinski definition) is 1. The Morgan fingerprint density at radius 1 is 1.17 bits per heavy atom. The maximum Gasteiger partial charge on any atom is 0.0150 e. The van der Waals surface area contributed by atoms with Crippen molar-refractivity contribution in [3.05, 3.63) is 0 Å². The van der Waals surface area contributed by atoms with Gasteiger partial charge in [-0.1, -0.05) is 26.7 Å². The molecule has 0 aromatic heterocycles. The van der Waals surface area contributed by atoms with Gasteiger partial charge in [0, 0.05) is 11.6 Å². The first-order chi connectivity index (χ1) is 5.52. The summed E-state index contributed by atoms with van der Waals surface area (Å²) in [7, 11) is 0. The van der Waals surface area contributed by atoms with Gasteiger partial charge < -0.3 is 5.32 Å². The van der Waals surface area contributed by atoms with Crippen molar-refractivity contribution in [3.63, 3.8) is 0 Å². The molecule has 0 aliphatic heterocycles. The van der Waals surface area contributed by atoms with Crippen LogP contribution in [0.15, 0.2) is 0 Å². The third kappa shape index (κ3) is 2.48. The van der Waals surface area contributed by atoms with Crippen LogP contribution in [0.25, 0.3) is 0 Å². The van der Waals surface area contributed by atoms with E-state index in [0.29, 0.717) is 5.54 Å². The van der Waals surface area contributed by atoms with Crippen LogP contribution in [0.4, 0.5) is 0 Å². The molecule has 1 rings (SSSR count). The molecule has 0 aromatic carbocycles. The summed E-state index contributed by atoms with van der Waals surface area (Å²) in [6.07, 6.45) is 5.62.